The highest BCUT2D eigenvalue weighted by Crippen LogP contribution is 2.14. The Morgan fingerprint density at radius 2 is 2.18 bits per heavy atom. The molecule has 6 heteroatoms. The van der Waals surface area contributed by atoms with Crippen LogP contribution in [0.25, 0.3) is 0 Å². The first kappa shape index (κ1) is 16.0. The molecule has 118 valence electrons. The number of methoxy groups -OCH3 is 1. The van der Waals surface area contributed by atoms with Gasteiger partial charge in [-0.2, -0.15) is 5.10 Å². The first-order valence-corrected chi connectivity index (χ1v) is 7.29. The molecule has 2 rings (SSSR count). The fraction of sp³-hybridized carbons (Fsp3) is 0.438. The molecular formula is C16H22N4O2. The van der Waals surface area contributed by atoms with E-state index in [9.17, 15) is 4.79 Å². The van der Waals surface area contributed by atoms with Crippen LogP contribution in [0.15, 0.2) is 18.3 Å². The molecule has 22 heavy (non-hydrogen) atoms. The Morgan fingerprint density at radius 1 is 1.41 bits per heavy atom. The van der Waals surface area contributed by atoms with Crippen molar-refractivity contribution < 1.29 is 9.53 Å². The number of H-pyrrole nitrogens is 1. The third-order valence-corrected chi connectivity index (χ3v) is 3.73. The molecule has 2 aromatic heterocycles. The number of carbonyl (C=O) groups excluding carboxylic acids is 1. The van der Waals surface area contributed by atoms with E-state index in [2.05, 4.69) is 15.2 Å². The Balaban J connectivity index is 1.91. The second-order valence-electron chi connectivity index (χ2n) is 5.32. The number of nitrogens with one attached hydrogen (secondary N) is 1. The highest BCUT2D eigenvalue weighted by molar-refractivity contribution is 5.92. The number of ether oxygens (including phenoxy) is 1. The van der Waals surface area contributed by atoms with Crippen molar-refractivity contribution in [3.8, 4) is 5.75 Å². The van der Waals surface area contributed by atoms with Gasteiger partial charge in [0, 0.05) is 31.5 Å². The van der Waals surface area contributed by atoms with Gasteiger partial charge in [0.2, 0.25) is 0 Å². The molecule has 0 radical (unpaired) electrons. The zero-order valence-electron chi connectivity index (χ0n) is 13.5. The molecule has 0 fully saturated rings. The van der Waals surface area contributed by atoms with E-state index in [4.69, 9.17) is 4.74 Å². The fourth-order valence-corrected chi connectivity index (χ4v) is 2.39. The fourth-order valence-electron chi connectivity index (χ4n) is 2.39. The average Bonchev–Trinajstić information content (AvgIpc) is 2.85. The van der Waals surface area contributed by atoms with Crippen LogP contribution < -0.4 is 4.74 Å². The molecule has 2 aromatic rings. The number of rotatable bonds is 6. The summed E-state index contributed by atoms with van der Waals surface area (Å²) in [5, 5.41) is 7.17. The van der Waals surface area contributed by atoms with Crippen molar-refractivity contribution in [2.45, 2.75) is 26.7 Å². The second-order valence-corrected chi connectivity index (χ2v) is 5.32. The standard InChI is InChI=1S/C16H22N4O2/c1-11-14(12(2)19-18-11)6-5-9-20(3)16(21)15-10-13(22-4)7-8-17-15/h7-8,10H,5-6,9H2,1-4H3,(H,18,19). The molecule has 0 aliphatic rings. The zero-order valence-corrected chi connectivity index (χ0v) is 13.5. The van der Waals surface area contributed by atoms with Crippen molar-refractivity contribution in [2.75, 3.05) is 20.7 Å². The summed E-state index contributed by atoms with van der Waals surface area (Å²) in [6, 6.07) is 3.38. The van der Waals surface area contributed by atoms with Gasteiger partial charge in [0.25, 0.3) is 5.91 Å². The summed E-state index contributed by atoms with van der Waals surface area (Å²) in [7, 11) is 3.36. The number of aromatic amines is 1. The van der Waals surface area contributed by atoms with E-state index in [1.165, 1.54) is 5.56 Å². The number of carbonyl (C=O) groups is 1. The maximum Gasteiger partial charge on any atom is 0.272 e. The molecule has 6 nitrogen and oxygen atoms in total. The summed E-state index contributed by atoms with van der Waals surface area (Å²) >= 11 is 0. The normalized spacial score (nSPS) is 10.5. The van der Waals surface area contributed by atoms with Gasteiger partial charge in [0.15, 0.2) is 0 Å². The molecule has 1 amide bonds. The average molecular weight is 302 g/mol. The lowest BCUT2D eigenvalue weighted by atomic mass is 10.1. The Hall–Kier alpha value is -2.37. The van der Waals surface area contributed by atoms with Gasteiger partial charge >= 0.3 is 0 Å². The molecule has 0 aliphatic heterocycles. The summed E-state index contributed by atoms with van der Waals surface area (Å²) in [6.45, 7) is 4.68. The number of nitrogens with zero attached hydrogens (tertiary/aromatic N) is 3. The Labute approximate surface area is 130 Å². The first-order valence-electron chi connectivity index (χ1n) is 7.29. The predicted octanol–water partition coefficient (Wildman–Crippen LogP) is 2.13. The maximum atomic E-state index is 12.3. The Bertz CT molecular complexity index is 632. The van der Waals surface area contributed by atoms with Crippen LogP contribution in [0.2, 0.25) is 0 Å². The lowest BCUT2D eigenvalue weighted by molar-refractivity contribution is 0.0787. The van der Waals surface area contributed by atoms with E-state index in [1.807, 2.05) is 13.8 Å². The summed E-state index contributed by atoms with van der Waals surface area (Å²) in [4.78, 5) is 18.1. The van der Waals surface area contributed by atoms with Gasteiger partial charge in [-0.25, -0.2) is 0 Å². The molecule has 0 saturated heterocycles. The summed E-state index contributed by atoms with van der Waals surface area (Å²) in [5.74, 6) is 0.538. The largest absolute Gasteiger partial charge is 0.497 e. The lowest BCUT2D eigenvalue weighted by Crippen LogP contribution is -2.28. The van der Waals surface area contributed by atoms with Crippen molar-refractivity contribution in [1.82, 2.24) is 20.1 Å². The van der Waals surface area contributed by atoms with Crippen molar-refractivity contribution >= 4 is 5.91 Å². The van der Waals surface area contributed by atoms with Crippen LogP contribution in [-0.2, 0) is 6.42 Å². The van der Waals surface area contributed by atoms with E-state index in [0.717, 1.165) is 24.2 Å². The molecule has 0 atom stereocenters. The van der Waals surface area contributed by atoms with Gasteiger partial charge in [-0.1, -0.05) is 0 Å². The molecule has 0 unspecified atom stereocenters. The van der Waals surface area contributed by atoms with Crippen LogP contribution in [0.5, 0.6) is 5.75 Å². The maximum absolute atomic E-state index is 12.3. The van der Waals surface area contributed by atoms with E-state index in [0.29, 0.717) is 18.0 Å². The van der Waals surface area contributed by atoms with Crippen molar-refractivity contribution in [3.63, 3.8) is 0 Å². The van der Waals surface area contributed by atoms with Crippen LogP contribution in [0.4, 0.5) is 0 Å². The highest BCUT2D eigenvalue weighted by atomic mass is 16.5. The first-order chi connectivity index (χ1) is 10.5. The van der Waals surface area contributed by atoms with Crippen LogP contribution >= 0.6 is 0 Å². The zero-order chi connectivity index (χ0) is 16.1. The molecule has 2 heterocycles. The Morgan fingerprint density at radius 3 is 2.82 bits per heavy atom. The van der Waals surface area contributed by atoms with Crippen LogP contribution in [0.3, 0.4) is 0 Å². The van der Waals surface area contributed by atoms with E-state index < -0.39 is 0 Å². The van der Waals surface area contributed by atoms with E-state index in [1.54, 1.807) is 37.4 Å². The minimum Gasteiger partial charge on any atom is -0.497 e. The SMILES string of the molecule is COc1ccnc(C(=O)N(C)CCCc2c(C)n[nH]c2C)c1. The molecule has 0 bridgehead atoms. The van der Waals surface area contributed by atoms with Crippen LogP contribution in [-0.4, -0.2) is 46.7 Å². The van der Waals surface area contributed by atoms with Crippen LogP contribution in [0, 0.1) is 13.8 Å². The molecule has 1 N–H and O–H groups in total. The topological polar surface area (TPSA) is 71.1 Å². The summed E-state index contributed by atoms with van der Waals surface area (Å²) in [5.41, 5.74) is 3.76. The van der Waals surface area contributed by atoms with Gasteiger partial charge in [0.05, 0.1) is 12.8 Å². The van der Waals surface area contributed by atoms with Gasteiger partial charge in [0.1, 0.15) is 11.4 Å². The van der Waals surface area contributed by atoms with Crippen molar-refractivity contribution in [3.05, 3.63) is 41.0 Å². The third kappa shape index (κ3) is 3.63. The molecular weight excluding hydrogens is 280 g/mol. The number of pyridine rings is 1. The van der Waals surface area contributed by atoms with E-state index >= 15 is 0 Å². The van der Waals surface area contributed by atoms with Crippen molar-refractivity contribution in [1.29, 1.82) is 0 Å². The summed E-state index contributed by atoms with van der Waals surface area (Å²) in [6.07, 6.45) is 3.36. The van der Waals surface area contributed by atoms with E-state index in [-0.39, 0.29) is 5.91 Å². The number of amides is 1. The smallest absolute Gasteiger partial charge is 0.272 e. The summed E-state index contributed by atoms with van der Waals surface area (Å²) < 4.78 is 5.12. The third-order valence-electron chi connectivity index (χ3n) is 3.73. The second kappa shape index (κ2) is 7.06. The number of hydrogen-bond acceptors (Lipinski definition) is 4. The minimum atomic E-state index is -0.0977. The van der Waals surface area contributed by atoms with Gasteiger partial charge in [-0.05, 0) is 38.3 Å². The Kier molecular flexibility index (Phi) is 5.14. The molecule has 0 spiro atoms. The predicted molar refractivity (Wildman–Crippen MR) is 84.1 cm³/mol. The molecule has 0 aliphatic carbocycles. The highest BCUT2D eigenvalue weighted by Gasteiger charge is 2.14. The number of hydrogen-bond donors (Lipinski definition) is 1. The molecule has 0 aromatic carbocycles. The monoisotopic (exact) mass is 302 g/mol. The number of aromatic nitrogens is 3. The quantitative estimate of drug-likeness (QED) is 0.887. The molecule has 0 saturated carbocycles. The van der Waals surface area contributed by atoms with Crippen LogP contribution in [0.1, 0.15) is 33.9 Å². The number of aryl methyl sites for hydroxylation is 2. The van der Waals surface area contributed by atoms with Gasteiger partial charge < -0.3 is 9.64 Å². The lowest BCUT2D eigenvalue weighted by Gasteiger charge is -2.17. The van der Waals surface area contributed by atoms with Gasteiger partial charge in [-0.15, -0.1) is 0 Å². The van der Waals surface area contributed by atoms with Crippen molar-refractivity contribution in [2.24, 2.45) is 0 Å². The minimum absolute atomic E-state index is 0.0977. The van der Waals surface area contributed by atoms with Gasteiger partial charge in [-0.3, -0.25) is 14.9 Å².